The predicted molar refractivity (Wildman–Crippen MR) is 78.3 cm³/mol. The smallest absolute Gasteiger partial charge is 0.246 e. The maximum Gasteiger partial charge on any atom is 0.246 e. The highest BCUT2D eigenvalue weighted by molar-refractivity contribution is 5.97. The molecule has 0 aromatic rings. The first kappa shape index (κ1) is 17.0. The minimum absolute atomic E-state index is 0.0000926. The van der Waals surface area contributed by atoms with E-state index in [0.717, 1.165) is 12.8 Å². The second kappa shape index (κ2) is 6.57. The maximum atomic E-state index is 12.8. The lowest BCUT2D eigenvalue weighted by Crippen LogP contribution is -2.68. The molecule has 3 atom stereocenters. The van der Waals surface area contributed by atoms with E-state index in [-0.39, 0.29) is 23.3 Å². The van der Waals surface area contributed by atoms with Crippen molar-refractivity contribution in [1.82, 2.24) is 10.2 Å². The monoisotopic (exact) mass is 284 g/mol. The minimum Gasteiger partial charge on any atom is -0.383 e. The summed E-state index contributed by atoms with van der Waals surface area (Å²) in [7, 11) is 1.63. The van der Waals surface area contributed by atoms with Gasteiger partial charge in [0.25, 0.3) is 0 Å². The fourth-order valence-electron chi connectivity index (χ4n) is 2.70. The highest BCUT2D eigenvalue weighted by Gasteiger charge is 2.45. The molecule has 20 heavy (non-hydrogen) atoms. The van der Waals surface area contributed by atoms with E-state index in [0.29, 0.717) is 6.61 Å². The first-order valence-electron chi connectivity index (χ1n) is 7.35. The van der Waals surface area contributed by atoms with Crippen molar-refractivity contribution in [2.24, 2.45) is 5.41 Å². The van der Waals surface area contributed by atoms with Crippen molar-refractivity contribution in [1.29, 1.82) is 0 Å². The fourth-order valence-corrected chi connectivity index (χ4v) is 2.70. The summed E-state index contributed by atoms with van der Waals surface area (Å²) in [6.45, 7) is 10.2. The second-order valence-electron chi connectivity index (χ2n) is 6.63. The van der Waals surface area contributed by atoms with Gasteiger partial charge in [0.15, 0.2) is 0 Å². The van der Waals surface area contributed by atoms with Crippen LogP contribution in [0.15, 0.2) is 0 Å². The number of nitrogens with zero attached hydrogens (tertiary/aromatic N) is 1. The van der Waals surface area contributed by atoms with Gasteiger partial charge >= 0.3 is 0 Å². The Morgan fingerprint density at radius 2 is 1.95 bits per heavy atom. The number of amides is 2. The molecule has 3 unspecified atom stereocenters. The molecule has 1 rings (SSSR count). The number of hydrogen-bond acceptors (Lipinski definition) is 3. The fraction of sp³-hybridized carbons (Fsp3) is 0.867. The molecule has 0 spiro atoms. The van der Waals surface area contributed by atoms with Crippen LogP contribution in [0.2, 0.25) is 0 Å². The molecule has 5 nitrogen and oxygen atoms in total. The number of nitrogens with one attached hydrogen (secondary N) is 1. The Labute approximate surface area is 122 Å². The summed E-state index contributed by atoms with van der Waals surface area (Å²) >= 11 is 0. The minimum atomic E-state index is -0.470. The van der Waals surface area contributed by atoms with Gasteiger partial charge in [0, 0.05) is 7.11 Å². The van der Waals surface area contributed by atoms with Crippen molar-refractivity contribution in [2.75, 3.05) is 13.7 Å². The maximum absolute atomic E-state index is 12.8. The second-order valence-corrected chi connectivity index (χ2v) is 6.63. The Hall–Kier alpha value is -1.10. The zero-order valence-electron chi connectivity index (χ0n) is 13.5. The molecule has 1 aliphatic rings. The third kappa shape index (κ3) is 3.51. The van der Waals surface area contributed by atoms with Crippen molar-refractivity contribution in [2.45, 2.75) is 65.6 Å². The van der Waals surface area contributed by atoms with Crippen LogP contribution in [0.5, 0.6) is 0 Å². The van der Waals surface area contributed by atoms with Crippen LogP contribution in [0.25, 0.3) is 0 Å². The number of methoxy groups -OCH3 is 1. The molecule has 0 aromatic heterocycles. The van der Waals surface area contributed by atoms with Crippen molar-refractivity contribution in [3.05, 3.63) is 0 Å². The highest BCUT2D eigenvalue weighted by Crippen LogP contribution is 2.27. The van der Waals surface area contributed by atoms with Gasteiger partial charge in [-0.1, -0.05) is 34.1 Å². The topological polar surface area (TPSA) is 58.6 Å². The van der Waals surface area contributed by atoms with Gasteiger partial charge in [-0.3, -0.25) is 9.59 Å². The average Bonchev–Trinajstić information content (AvgIpc) is 2.33. The predicted octanol–water partition coefficient (Wildman–Crippen LogP) is 1.56. The number of piperazine rings is 1. The summed E-state index contributed by atoms with van der Waals surface area (Å²) in [6, 6.07) is -0.946. The van der Waals surface area contributed by atoms with Gasteiger partial charge in [-0.25, -0.2) is 0 Å². The molecule has 1 aliphatic heterocycles. The number of carbonyl (C=O) groups is 2. The Morgan fingerprint density at radius 1 is 1.35 bits per heavy atom. The molecule has 1 N–H and O–H groups in total. The Morgan fingerprint density at radius 3 is 2.40 bits per heavy atom. The van der Waals surface area contributed by atoms with Crippen molar-refractivity contribution in [3.63, 3.8) is 0 Å². The SMILES string of the molecule is CCCC(COC)N1C(=O)C(C(C)(C)C)NC(=O)C1C. The van der Waals surface area contributed by atoms with Gasteiger partial charge < -0.3 is 15.0 Å². The normalized spacial score (nSPS) is 25.6. The van der Waals surface area contributed by atoms with Gasteiger partial charge in [0.2, 0.25) is 11.8 Å². The molecule has 1 fully saturated rings. The van der Waals surface area contributed by atoms with Crippen LogP contribution in [-0.2, 0) is 14.3 Å². The lowest BCUT2D eigenvalue weighted by molar-refractivity contribution is -0.156. The number of carbonyl (C=O) groups excluding carboxylic acids is 2. The van der Waals surface area contributed by atoms with E-state index in [1.165, 1.54) is 0 Å². The summed E-state index contributed by atoms with van der Waals surface area (Å²) in [5.41, 5.74) is -0.297. The van der Waals surface area contributed by atoms with Crippen LogP contribution in [-0.4, -0.2) is 48.6 Å². The third-order valence-electron chi connectivity index (χ3n) is 3.83. The number of rotatable bonds is 5. The largest absolute Gasteiger partial charge is 0.383 e. The Bertz CT molecular complexity index is 357. The van der Waals surface area contributed by atoms with Crippen molar-refractivity contribution in [3.8, 4) is 0 Å². The van der Waals surface area contributed by atoms with E-state index in [2.05, 4.69) is 12.2 Å². The third-order valence-corrected chi connectivity index (χ3v) is 3.83. The highest BCUT2D eigenvalue weighted by atomic mass is 16.5. The lowest BCUT2D eigenvalue weighted by atomic mass is 9.83. The molecule has 116 valence electrons. The molecule has 5 heteroatoms. The van der Waals surface area contributed by atoms with Gasteiger partial charge in [-0.15, -0.1) is 0 Å². The summed E-state index contributed by atoms with van der Waals surface area (Å²) in [5, 5.41) is 2.85. The molecule has 0 saturated carbocycles. The first-order chi connectivity index (χ1) is 9.23. The van der Waals surface area contributed by atoms with Crippen LogP contribution in [0.1, 0.15) is 47.5 Å². The summed E-state index contributed by atoms with van der Waals surface area (Å²) in [5.74, 6) is -0.0816. The van der Waals surface area contributed by atoms with E-state index in [9.17, 15) is 9.59 Å². The van der Waals surface area contributed by atoms with Gasteiger partial charge in [-0.2, -0.15) is 0 Å². The van der Waals surface area contributed by atoms with Gasteiger partial charge in [0.1, 0.15) is 12.1 Å². The molecule has 1 saturated heterocycles. The number of ether oxygens (including phenoxy) is 1. The van der Waals surface area contributed by atoms with E-state index in [4.69, 9.17) is 4.74 Å². The first-order valence-corrected chi connectivity index (χ1v) is 7.35. The van der Waals surface area contributed by atoms with Crippen molar-refractivity contribution < 1.29 is 14.3 Å². The lowest BCUT2D eigenvalue weighted by Gasteiger charge is -2.45. The summed E-state index contributed by atoms with van der Waals surface area (Å²) < 4.78 is 5.24. The van der Waals surface area contributed by atoms with E-state index in [1.54, 1.807) is 18.9 Å². The van der Waals surface area contributed by atoms with Crippen LogP contribution in [0.3, 0.4) is 0 Å². The van der Waals surface area contributed by atoms with Crippen LogP contribution >= 0.6 is 0 Å². The molecule has 0 radical (unpaired) electrons. The average molecular weight is 284 g/mol. The zero-order valence-corrected chi connectivity index (χ0v) is 13.5. The molecule has 0 aromatic carbocycles. The molecule has 2 amide bonds. The molecular formula is C15H28N2O3. The van der Waals surface area contributed by atoms with E-state index < -0.39 is 12.1 Å². The van der Waals surface area contributed by atoms with Gasteiger partial charge in [-0.05, 0) is 18.8 Å². The summed E-state index contributed by atoms with van der Waals surface area (Å²) in [6.07, 6.45) is 1.79. The summed E-state index contributed by atoms with van der Waals surface area (Å²) in [4.78, 5) is 26.7. The Kier molecular flexibility index (Phi) is 5.57. The number of hydrogen-bond donors (Lipinski definition) is 1. The van der Waals surface area contributed by atoms with E-state index in [1.807, 2.05) is 20.8 Å². The van der Waals surface area contributed by atoms with Crippen LogP contribution < -0.4 is 5.32 Å². The standard InChI is InChI=1S/C15H28N2O3/c1-7-8-11(9-20-6)17-10(2)13(18)16-12(14(17)19)15(3,4)5/h10-12H,7-9H2,1-6H3,(H,16,18). The van der Waals surface area contributed by atoms with Crippen LogP contribution in [0, 0.1) is 5.41 Å². The molecular weight excluding hydrogens is 256 g/mol. The van der Waals surface area contributed by atoms with Crippen LogP contribution in [0.4, 0.5) is 0 Å². The quantitative estimate of drug-likeness (QED) is 0.833. The molecule has 0 aliphatic carbocycles. The van der Waals surface area contributed by atoms with Crippen molar-refractivity contribution >= 4 is 11.8 Å². The molecule has 1 heterocycles. The molecule has 0 bridgehead atoms. The van der Waals surface area contributed by atoms with Gasteiger partial charge in [0.05, 0.1) is 12.6 Å². The Balaban J connectivity index is 3.05. The van der Waals surface area contributed by atoms with E-state index >= 15 is 0 Å². The zero-order chi connectivity index (χ0) is 15.5.